The molecule has 0 aliphatic carbocycles. The summed E-state index contributed by atoms with van der Waals surface area (Å²) in [5.74, 6) is 0. The Bertz CT molecular complexity index is 941. The lowest BCUT2D eigenvalue weighted by atomic mass is 10.0. The standard InChI is InChI=1S/C32H48ClN/c1-2-3-4-5-6-7-8-9-10-11-12-13-14-15-16-17-18-19-21-27-22-20-23-29-30-26-28(33)24-25-31(30)34-32(27)29/h20,22-26,34H,2-19,21H2,1H3. The number of aryl methyl sites for hydroxylation is 1. The first-order chi connectivity index (χ1) is 16.8. The molecule has 0 aliphatic heterocycles. The van der Waals surface area contributed by atoms with E-state index in [1.807, 2.05) is 6.07 Å². The number of benzene rings is 2. The van der Waals surface area contributed by atoms with Gasteiger partial charge in [0.25, 0.3) is 0 Å². The van der Waals surface area contributed by atoms with Gasteiger partial charge in [-0.05, 0) is 36.6 Å². The molecule has 1 N–H and O–H groups in total. The van der Waals surface area contributed by atoms with Crippen LogP contribution in [0.25, 0.3) is 21.8 Å². The van der Waals surface area contributed by atoms with E-state index in [1.165, 1.54) is 143 Å². The summed E-state index contributed by atoms with van der Waals surface area (Å²) in [5, 5.41) is 3.35. The highest BCUT2D eigenvalue weighted by Crippen LogP contribution is 2.30. The van der Waals surface area contributed by atoms with Crippen molar-refractivity contribution in [3.8, 4) is 0 Å². The van der Waals surface area contributed by atoms with Gasteiger partial charge in [0.05, 0.1) is 0 Å². The van der Waals surface area contributed by atoms with Gasteiger partial charge in [0.15, 0.2) is 0 Å². The molecule has 1 heterocycles. The van der Waals surface area contributed by atoms with Crippen LogP contribution >= 0.6 is 11.6 Å². The fraction of sp³-hybridized carbons (Fsp3) is 0.625. The van der Waals surface area contributed by atoms with E-state index < -0.39 is 0 Å². The number of unbranched alkanes of at least 4 members (excludes halogenated alkanes) is 17. The highest BCUT2D eigenvalue weighted by molar-refractivity contribution is 6.31. The van der Waals surface area contributed by atoms with Crippen molar-refractivity contribution in [2.45, 2.75) is 129 Å². The Kier molecular flexibility index (Phi) is 13.0. The van der Waals surface area contributed by atoms with Crippen molar-refractivity contribution < 1.29 is 0 Å². The number of fused-ring (bicyclic) bond motifs is 3. The van der Waals surface area contributed by atoms with Gasteiger partial charge in [-0.1, -0.05) is 146 Å². The highest BCUT2D eigenvalue weighted by Gasteiger charge is 2.08. The van der Waals surface area contributed by atoms with Gasteiger partial charge in [0, 0.05) is 26.8 Å². The monoisotopic (exact) mass is 481 g/mol. The topological polar surface area (TPSA) is 15.8 Å². The van der Waals surface area contributed by atoms with Crippen molar-refractivity contribution in [3.63, 3.8) is 0 Å². The minimum absolute atomic E-state index is 0.808. The van der Waals surface area contributed by atoms with Crippen LogP contribution in [0, 0.1) is 0 Å². The van der Waals surface area contributed by atoms with Crippen LogP contribution in [0.2, 0.25) is 5.02 Å². The molecular weight excluding hydrogens is 434 g/mol. The maximum Gasteiger partial charge on any atom is 0.0497 e. The van der Waals surface area contributed by atoms with Crippen LogP contribution in [0.3, 0.4) is 0 Å². The zero-order valence-electron chi connectivity index (χ0n) is 21.8. The molecular formula is C32H48ClN. The SMILES string of the molecule is CCCCCCCCCCCCCCCCCCCCc1cccc2c1[nH]c1ccc(Cl)cc12. The maximum absolute atomic E-state index is 6.22. The van der Waals surface area contributed by atoms with Gasteiger partial charge in [0.2, 0.25) is 0 Å². The molecule has 2 heteroatoms. The summed E-state index contributed by atoms with van der Waals surface area (Å²) in [6, 6.07) is 12.8. The molecule has 1 nitrogen and oxygen atoms in total. The number of H-pyrrole nitrogens is 1. The van der Waals surface area contributed by atoms with Gasteiger partial charge < -0.3 is 4.98 Å². The Labute approximate surface area is 214 Å². The average molecular weight is 482 g/mol. The van der Waals surface area contributed by atoms with Crippen molar-refractivity contribution >= 4 is 33.4 Å². The highest BCUT2D eigenvalue weighted by atomic mass is 35.5. The molecule has 2 aromatic carbocycles. The minimum atomic E-state index is 0.808. The van der Waals surface area contributed by atoms with Crippen LogP contribution in [0.1, 0.15) is 128 Å². The summed E-state index contributed by atoms with van der Waals surface area (Å²) >= 11 is 6.22. The van der Waals surface area contributed by atoms with E-state index in [0.29, 0.717) is 0 Å². The summed E-state index contributed by atoms with van der Waals surface area (Å²) in [7, 11) is 0. The predicted molar refractivity (Wildman–Crippen MR) is 153 cm³/mol. The molecule has 3 aromatic rings. The fourth-order valence-electron chi connectivity index (χ4n) is 5.38. The Morgan fingerprint density at radius 3 is 1.68 bits per heavy atom. The molecule has 3 rings (SSSR count). The number of para-hydroxylation sites is 1. The largest absolute Gasteiger partial charge is 0.354 e. The van der Waals surface area contributed by atoms with E-state index >= 15 is 0 Å². The summed E-state index contributed by atoms with van der Waals surface area (Å²) in [6.45, 7) is 2.30. The second-order valence-corrected chi connectivity index (χ2v) is 10.9. The van der Waals surface area contributed by atoms with Crippen LogP contribution in [-0.2, 0) is 6.42 Å². The summed E-state index contributed by atoms with van der Waals surface area (Å²) in [5.41, 5.74) is 3.93. The molecule has 0 fully saturated rings. The first-order valence-corrected chi connectivity index (χ1v) is 14.9. The van der Waals surface area contributed by atoms with Crippen molar-refractivity contribution in [1.82, 2.24) is 4.98 Å². The second-order valence-electron chi connectivity index (χ2n) is 10.4. The van der Waals surface area contributed by atoms with Crippen LogP contribution in [0.5, 0.6) is 0 Å². The number of aromatic nitrogens is 1. The first kappa shape index (κ1) is 27.1. The smallest absolute Gasteiger partial charge is 0.0497 e. The van der Waals surface area contributed by atoms with Crippen LogP contribution in [0.4, 0.5) is 0 Å². The number of rotatable bonds is 19. The third-order valence-electron chi connectivity index (χ3n) is 7.48. The van der Waals surface area contributed by atoms with E-state index in [0.717, 1.165) is 11.4 Å². The van der Waals surface area contributed by atoms with Crippen LogP contribution in [-0.4, -0.2) is 4.98 Å². The van der Waals surface area contributed by atoms with Gasteiger partial charge in [-0.3, -0.25) is 0 Å². The Hall–Kier alpha value is -1.47. The van der Waals surface area contributed by atoms with Crippen molar-refractivity contribution in [2.75, 3.05) is 0 Å². The van der Waals surface area contributed by atoms with Gasteiger partial charge in [-0.15, -0.1) is 0 Å². The third kappa shape index (κ3) is 9.29. The molecule has 0 unspecified atom stereocenters. The lowest BCUT2D eigenvalue weighted by Gasteiger charge is -2.05. The first-order valence-electron chi connectivity index (χ1n) is 14.5. The van der Waals surface area contributed by atoms with Crippen molar-refractivity contribution in [2.24, 2.45) is 0 Å². The minimum Gasteiger partial charge on any atom is -0.354 e. The number of aromatic amines is 1. The lowest BCUT2D eigenvalue weighted by Crippen LogP contribution is -1.88. The lowest BCUT2D eigenvalue weighted by molar-refractivity contribution is 0.525. The normalized spacial score (nSPS) is 11.7. The van der Waals surface area contributed by atoms with Crippen LogP contribution < -0.4 is 0 Å². The third-order valence-corrected chi connectivity index (χ3v) is 7.72. The van der Waals surface area contributed by atoms with Crippen molar-refractivity contribution in [3.05, 3.63) is 47.0 Å². The number of halogens is 1. The molecule has 0 saturated carbocycles. The molecule has 0 spiro atoms. The molecule has 34 heavy (non-hydrogen) atoms. The van der Waals surface area contributed by atoms with E-state index in [1.54, 1.807) is 0 Å². The molecule has 0 saturated heterocycles. The Morgan fingerprint density at radius 1 is 0.588 bits per heavy atom. The van der Waals surface area contributed by atoms with Gasteiger partial charge >= 0.3 is 0 Å². The average Bonchev–Trinajstić information content (AvgIpc) is 3.22. The van der Waals surface area contributed by atoms with E-state index in [9.17, 15) is 0 Å². The van der Waals surface area contributed by atoms with E-state index in [4.69, 9.17) is 11.6 Å². The molecule has 0 aliphatic rings. The number of hydrogen-bond donors (Lipinski definition) is 1. The summed E-state index contributed by atoms with van der Waals surface area (Å²) < 4.78 is 0. The predicted octanol–water partition coefficient (Wildman–Crippen LogP) is 11.6. The summed E-state index contributed by atoms with van der Waals surface area (Å²) in [6.07, 6.45) is 26.9. The Morgan fingerprint density at radius 2 is 1.12 bits per heavy atom. The quantitative estimate of drug-likeness (QED) is 0.164. The number of hydrogen-bond acceptors (Lipinski definition) is 0. The molecule has 0 bridgehead atoms. The van der Waals surface area contributed by atoms with Gasteiger partial charge in [-0.25, -0.2) is 0 Å². The zero-order valence-corrected chi connectivity index (χ0v) is 22.5. The number of nitrogens with one attached hydrogen (secondary N) is 1. The van der Waals surface area contributed by atoms with Crippen LogP contribution in [0.15, 0.2) is 36.4 Å². The summed E-state index contributed by atoms with van der Waals surface area (Å²) in [4.78, 5) is 3.62. The second kappa shape index (κ2) is 16.2. The van der Waals surface area contributed by atoms with Crippen molar-refractivity contribution in [1.29, 1.82) is 0 Å². The molecule has 0 radical (unpaired) electrons. The molecule has 0 amide bonds. The van der Waals surface area contributed by atoms with E-state index in [2.05, 4.69) is 42.2 Å². The van der Waals surface area contributed by atoms with Gasteiger partial charge in [-0.2, -0.15) is 0 Å². The van der Waals surface area contributed by atoms with Gasteiger partial charge in [0.1, 0.15) is 0 Å². The molecule has 0 atom stereocenters. The molecule has 1 aromatic heterocycles. The van der Waals surface area contributed by atoms with E-state index in [-0.39, 0.29) is 0 Å². The fourth-order valence-corrected chi connectivity index (χ4v) is 5.55. The zero-order chi connectivity index (χ0) is 23.8. The maximum atomic E-state index is 6.22. The Balaban J connectivity index is 1.17. The molecule has 188 valence electrons.